The van der Waals surface area contributed by atoms with Crippen molar-refractivity contribution < 1.29 is 4.74 Å². The van der Waals surface area contributed by atoms with Crippen molar-refractivity contribution in [1.82, 2.24) is 15.5 Å². The molecule has 0 amide bonds. The summed E-state index contributed by atoms with van der Waals surface area (Å²) in [6.07, 6.45) is 3.80. The number of hydrogen-bond acceptors (Lipinski definition) is 4. The summed E-state index contributed by atoms with van der Waals surface area (Å²) in [6, 6.07) is 8.64. The van der Waals surface area contributed by atoms with Gasteiger partial charge in [0.2, 0.25) is 0 Å². The molecule has 2 aliphatic rings. The van der Waals surface area contributed by atoms with E-state index in [4.69, 9.17) is 4.74 Å². The number of rotatable bonds is 6. The molecule has 1 aromatic rings. The number of nitrogens with one attached hydrogen (secondary N) is 2. The van der Waals surface area contributed by atoms with E-state index in [9.17, 15) is 0 Å². The van der Waals surface area contributed by atoms with Crippen LogP contribution < -0.4 is 20.3 Å². The van der Waals surface area contributed by atoms with Gasteiger partial charge in [0.15, 0.2) is 5.96 Å². The van der Waals surface area contributed by atoms with Gasteiger partial charge in [0.25, 0.3) is 0 Å². The van der Waals surface area contributed by atoms with Gasteiger partial charge in [-0.2, -0.15) is 0 Å². The number of benzene rings is 1. The van der Waals surface area contributed by atoms with Crippen LogP contribution in [0.5, 0.6) is 5.75 Å². The van der Waals surface area contributed by atoms with Gasteiger partial charge in [-0.25, -0.2) is 0 Å². The van der Waals surface area contributed by atoms with Crippen molar-refractivity contribution in [3.8, 4) is 5.75 Å². The molecule has 3 rings (SSSR count). The van der Waals surface area contributed by atoms with Crippen LogP contribution in [0.2, 0.25) is 0 Å². The van der Waals surface area contributed by atoms with E-state index in [0.717, 1.165) is 50.2 Å². The molecule has 158 valence electrons. The summed E-state index contributed by atoms with van der Waals surface area (Å²) in [5.74, 6) is 2.68. The molecule has 2 fully saturated rings. The molecule has 2 unspecified atom stereocenters. The van der Waals surface area contributed by atoms with E-state index < -0.39 is 0 Å². The lowest BCUT2D eigenvalue weighted by Crippen LogP contribution is -2.47. The number of hydrogen-bond donors (Lipinski definition) is 2. The molecule has 0 spiro atoms. The predicted octanol–water partition coefficient (Wildman–Crippen LogP) is 2.79. The number of aliphatic imine (C=N–C) groups is 1. The van der Waals surface area contributed by atoms with Crippen LogP contribution in [0, 0.1) is 5.92 Å². The molecule has 2 N–H and O–H groups in total. The van der Waals surface area contributed by atoms with Crippen LogP contribution in [-0.2, 0) is 0 Å². The fourth-order valence-electron chi connectivity index (χ4n) is 4.20. The van der Waals surface area contributed by atoms with Crippen molar-refractivity contribution in [2.45, 2.75) is 32.2 Å². The van der Waals surface area contributed by atoms with Gasteiger partial charge in [-0.1, -0.05) is 19.1 Å². The van der Waals surface area contributed by atoms with E-state index in [-0.39, 0.29) is 24.0 Å². The van der Waals surface area contributed by atoms with E-state index in [0.29, 0.717) is 6.04 Å². The molecule has 7 heteroatoms. The Hall–Kier alpha value is -1.22. The lowest BCUT2D eigenvalue weighted by Gasteiger charge is -2.31. The average Bonchev–Trinajstić information content (AvgIpc) is 3.15. The minimum atomic E-state index is 0. The second-order valence-electron chi connectivity index (χ2n) is 7.79. The van der Waals surface area contributed by atoms with Crippen molar-refractivity contribution in [3.05, 3.63) is 24.3 Å². The maximum Gasteiger partial charge on any atom is 0.191 e. The first-order valence-electron chi connectivity index (χ1n) is 10.3. The zero-order valence-electron chi connectivity index (χ0n) is 17.5. The van der Waals surface area contributed by atoms with Gasteiger partial charge in [-0.05, 0) is 43.9 Å². The highest BCUT2D eigenvalue weighted by Gasteiger charge is 2.25. The molecular weight excluding hydrogens is 465 g/mol. The fourth-order valence-corrected chi connectivity index (χ4v) is 4.20. The maximum absolute atomic E-state index is 5.51. The quantitative estimate of drug-likeness (QED) is 0.357. The Labute approximate surface area is 187 Å². The number of para-hydroxylation sites is 2. The number of likely N-dealkylation sites (tertiary alicyclic amines) is 1. The zero-order valence-corrected chi connectivity index (χ0v) is 19.8. The van der Waals surface area contributed by atoms with Gasteiger partial charge in [0.05, 0.1) is 12.8 Å². The number of piperidine rings is 1. The summed E-state index contributed by atoms with van der Waals surface area (Å²) in [7, 11) is 3.59. The van der Waals surface area contributed by atoms with Gasteiger partial charge < -0.3 is 25.2 Å². The van der Waals surface area contributed by atoms with Crippen LogP contribution in [0.1, 0.15) is 26.2 Å². The Bertz CT molecular complexity index is 627. The van der Waals surface area contributed by atoms with Gasteiger partial charge in [0.1, 0.15) is 5.75 Å². The van der Waals surface area contributed by atoms with Crippen LogP contribution >= 0.6 is 24.0 Å². The van der Waals surface area contributed by atoms with Crippen LogP contribution in [0.15, 0.2) is 29.3 Å². The van der Waals surface area contributed by atoms with Crippen LogP contribution in [0.4, 0.5) is 5.69 Å². The Morgan fingerprint density at radius 3 is 2.79 bits per heavy atom. The van der Waals surface area contributed by atoms with Crippen molar-refractivity contribution in [2.75, 3.05) is 58.3 Å². The van der Waals surface area contributed by atoms with Gasteiger partial charge in [0, 0.05) is 45.8 Å². The second kappa shape index (κ2) is 11.7. The summed E-state index contributed by atoms with van der Waals surface area (Å²) in [4.78, 5) is 9.36. The number of ether oxygens (including phenoxy) is 1. The van der Waals surface area contributed by atoms with Gasteiger partial charge >= 0.3 is 0 Å². The lowest BCUT2D eigenvalue weighted by atomic mass is 10.0. The number of guanidine groups is 1. The molecule has 0 saturated carbocycles. The third kappa shape index (κ3) is 6.40. The largest absolute Gasteiger partial charge is 0.495 e. The lowest BCUT2D eigenvalue weighted by molar-refractivity contribution is 0.187. The van der Waals surface area contributed by atoms with E-state index in [1.165, 1.54) is 31.6 Å². The van der Waals surface area contributed by atoms with Crippen LogP contribution in [-0.4, -0.2) is 70.3 Å². The van der Waals surface area contributed by atoms with Crippen molar-refractivity contribution in [2.24, 2.45) is 10.9 Å². The highest BCUT2D eigenvalue weighted by molar-refractivity contribution is 14.0. The minimum Gasteiger partial charge on any atom is -0.495 e. The van der Waals surface area contributed by atoms with E-state index in [1.54, 1.807) is 7.11 Å². The fraction of sp³-hybridized carbons (Fsp3) is 0.667. The highest BCUT2D eigenvalue weighted by atomic mass is 127. The van der Waals surface area contributed by atoms with Crippen LogP contribution in [0.3, 0.4) is 0 Å². The molecule has 2 aliphatic heterocycles. The Balaban J connectivity index is 0.00000280. The van der Waals surface area contributed by atoms with E-state index in [2.05, 4.69) is 44.5 Å². The van der Waals surface area contributed by atoms with Gasteiger partial charge in [-0.3, -0.25) is 4.99 Å². The molecule has 2 atom stereocenters. The molecule has 2 saturated heterocycles. The molecule has 6 nitrogen and oxygen atoms in total. The smallest absolute Gasteiger partial charge is 0.191 e. The first-order chi connectivity index (χ1) is 13.2. The van der Waals surface area contributed by atoms with Crippen molar-refractivity contribution in [3.63, 3.8) is 0 Å². The van der Waals surface area contributed by atoms with Crippen molar-refractivity contribution >= 4 is 35.6 Å². The number of methoxy groups -OCH3 is 1. The molecular formula is C21H36IN5O. The Morgan fingerprint density at radius 2 is 2.04 bits per heavy atom. The molecule has 0 aliphatic carbocycles. The standard InChI is InChI=1S/C21H35N5O.HI/c1-17-7-6-12-25(15-17)14-11-23-21(22-2)24-18-10-13-26(16-18)19-8-4-5-9-20(19)27-3;/h4-5,8-9,17-18H,6-7,10-16H2,1-3H3,(H2,22,23,24);1H. The normalized spacial score (nSPS) is 23.2. The average molecular weight is 501 g/mol. The number of anilines is 1. The van der Waals surface area contributed by atoms with E-state index >= 15 is 0 Å². The van der Waals surface area contributed by atoms with Crippen LogP contribution in [0.25, 0.3) is 0 Å². The Kier molecular flexibility index (Phi) is 9.64. The third-order valence-electron chi connectivity index (χ3n) is 5.64. The van der Waals surface area contributed by atoms with Gasteiger partial charge in [-0.15, -0.1) is 24.0 Å². The molecule has 0 bridgehead atoms. The first kappa shape index (κ1) is 23.1. The summed E-state index contributed by atoms with van der Waals surface area (Å²) in [5.41, 5.74) is 1.17. The second-order valence-corrected chi connectivity index (χ2v) is 7.79. The summed E-state index contributed by atoms with van der Waals surface area (Å²) >= 11 is 0. The van der Waals surface area contributed by atoms with E-state index in [1.807, 2.05) is 19.2 Å². The topological polar surface area (TPSA) is 52.1 Å². The molecule has 0 aromatic heterocycles. The first-order valence-corrected chi connectivity index (χ1v) is 10.3. The minimum absolute atomic E-state index is 0. The summed E-state index contributed by atoms with van der Waals surface area (Å²) < 4.78 is 5.51. The number of halogens is 1. The monoisotopic (exact) mass is 501 g/mol. The predicted molar refractivity (Wildman–Crippen MR) is 128 cm³/mol. The number of nitrogens with zero attached hydrogens (tertiary/aromatic N) is 3. The third-order valence-corrected chi connectivity index (χ3v) is 5.64. The van der Waals surface area contributed by atoms with Crippen molar-refractivity contribution in [1.29, 1.82) is 0 Å². The maximum atomic E-state index is 5.51. The highest BCUT2D eigenvalue weighted by Crippen LogP contribution is 2.30. The molecule has 2 heterocycles. The molecule has 0 radical (unpaired) electrons. The zero-order chi connectivity index (χ0) is 19.1. The SMILES string of the molecule is CN=C(NCCN1CCCC(C)C1)NC1CCN(c2ccccc2OC)C1.I. The Morgan fingerprint density at radius 1 is 1.21 bits per heavy atom. The summed E-state index contributed by atoms with van der Waals surface area (Å²) in [6.45, 7) is 8.83. The summed E-state index contributed by atoms with van der Waals surface area (Å²) in [5, 5.41) is 7.08. The molecule has 1 aromatic carbocycles. The molecule has 28 heavy (non-hydrogen) atoms.